The number of amides is 2. The average molecular weight is 481 g/mol. The molecule has 150 valence electrons. The van der Waals surface area contributed by atoms with Crippen molar-refractivity contribution in [2.45, 2.75) is 32.4 Å². The predicted octanol–water partition coefficient (Wildman–Crippen LogP) is 0.130. The van der Waals surface area contributed by atoms with E-state index in [1.165, 1.54) is 9.80 Å². The molecule has 1 heterocycles. The fraction of sp³-hybridized carbons (Fsp3) is 0.824. The van der Waals surface area contributed by atoms with Gasteiger partial charge < -0.3 is 25.2 Å². The van der Waals surface area contributed by atoms with Crippen LogP contribution in [0, 0.1) is 11.3 Å². The van der Waals surface area contributed by atoms with Crippen LogP contribution in [0.3, 0.4) is 0 Å². The van der Waals surface area contributed by atoms with Gasteiger partial charge in [-0.15, -0.1) is 24.0 Å². The summed E-state index contributed by atoms with van der Waals surface area (Å²) in [4.78, 5) is 31.1. The number of ether oxygens (including phenoxy) is 1. The molecule has 1 aliphatic heterocycles. The maximum absolute atomic E-state index is 11.9. The summed E-state index contributed by atoms with van der Waals surface area (Å²) in [6.07, 6.45) is 1.28. The predicted molar refractivity (Wildman–Crippen MR) is 112 cm³/mol. The summed E-state index contributed by atoms with van der Waals surface area (Å²) in [5.41, 5.74) is -0.0132. The van der Waals surface area contributed by atoms with Gasteiger partial charge in [0.15, 0.2) is 5.96 Å². The highest BCUT2D eigenvalue weighted by molar-refractivity contribution is 14.0. The molecule has 0 bridgehead atoms. The van der Waals surface area contributed by atoms with Crippen molar-refractivity contribution in [2.24, 2.45) is 16.3 Å². The second kappa shape index (κ2) is 9.20. The fourth-order valence-electron chi connectivity index (χ4n) is 3.52. The zero-order valence-electron chi connectivity index (χ0n) is 16.5. The normalized spacial score (nSPS) is 26.1. The summed E-state index contributed by atoms with van der Waals surface area (Å²) in [7, 11) is 6.81. The van der Waals surface area contributed by atoms with Crippen LogP contribution in [0.1, 0.15) is 20.3 Å². The van der Waals surface area contributed by atoms with Gasteiger partial charge in [0.05, 0.1) is 12.6 Å². The van der Waals surface area contributed by atoms with E-state index in [1.807, 2.05) is 0 Å². The number of rotatable bonds is 5. The van der Waals surface area contributed by atoms with E-state index in [0.717, 1.165) is 13.0 Å². The minimum Gasteiger partial charge on any atom is -0.377 e. The number of hydrogen-bond acceptors (Lipinski definition) is 4. The Balaban J connectivity index is 0.00000338. The molecule has 9 heteroatoms. The van der Waals surface area contributed by atoms with Crippen molar-refractivity contribution in [3.63, 3.8) is 0 Å². The standard InChI is InChI=1S/C17H31N5O3.HI/c1-17(2)14(11-7-8-25-15(11)17)20-16(18-9-12(23)21(3)4)19-10-13(24)22(5)6;/h11,14-15H,7-10H2,1-6H3,(H2,18,19,20);1H. The molecule has 1 aliphatic carbocycles. The zero-order valence-corrected chi connectivity index (χ0v) is 18.9. The second-order valence-corrected chi connectivity index (χ2v) is 7.78. The van der Waals surface area contributed by atoms with Crippen LogP contribution < -0.4 is 10.6 Å². The first-order valence-electron chi connectivity index (χ1n) is 8.71. The Kier molecular flexibility index (Phi) is 8.12. The second-order valence-electron chi connectivity index (χ2n) is 7.78. The van der Waals surface area contributed by atoms with Gasteiger partial charge >= 0.3 is 0 Å². The van der Waals surface area contributed by atoms with Gasteiger partial charge in [0.2, 0.25) is 11.8 Å². The van der Waals surface area contributed by atoms with Crippen molar-refractivity contribution >= 4 is 41.8 Å². The van der Waals surface area contributed by atoms with Gasteiger partial charge in [-0.2, -0.15) is 0 Å². The molecule has 0 spiro atoms. The van der Waals surface area contributed by atoms with Crippen LogP contribution >= 0.6 is 24.0 Å². The van der Waals surface area contributed by atoms with Crippen LogP contribution in [0.25, 0.3) is 0 Å². The highest BCUT2D eigenvalue weighted by Crippen LogP contribution is 2.52. The average Bonchev–Trinajstić information content (AvgIpc) is 3.00. The first kappa shape index (κ1) is 22.9. The lowest BCUT2D eigenvalue weighted by Crippen LogP contribution is -2.68. The number of halogens is 1. The number of nitrogens with zero attached hydrogens (tertiary/aromatic N) is 3. The van der Waals surface area contributed by atoms with Crippen molar-refractivity contribution < 1.29 is 14.3 Å². The smallest absolute Gasteiger partial charge is 0.243 e. The van der Waals surface area contributed by atoms with E-state index in [2.05, 4.69) is 29.5 Å². The summed E-state index contributed by atoms with van der Waals surface area (Å²) in [6.45, 7) is 5.30. The molecule has 2 N–H and O–H groups in total. The summed E-state index contributed by atoms with van der Waals surface area (Å²) in [5, 5.41) is 6.47. The van der Waals surface area contributed by atoms with E-state index < -0.39 is 0 Å². The third-order valence-electron chi connectivity index (χ3n) is 5.17. The maximum Gasteiger partial charge on any atom is 0.243 e. The molecule has 1 saturated carbocycles. The van der Waals surface area contributed by atoms with Crippen LogP contribution in [0.4, 0.5) is 0 Å². The van der Waals surface area contributed by atoms with Crippen molar-refractivity contribution in [1.29, 1.82) is 0 Å². The van der Waals surface area contributed by atoms with Gasteiger partial charge in [-0.05, 0) is 6.42 Å². The summed E-state index contributed by atoms with van der Waals surface area (Å²) in [6, 6.07) is 0.204. The first-order valence-corrected chi connectivity index (χ1v) is 8.71. The third-order valence-corrected chi connectivity index (χ3v) is 5.17. The Morgan fingerprint density at radius 2 is 1.77 bits per heavy atom. The van der Waals surface area contributed by atoms with Gasteiger partial charge in [0, 0.05) is 52.2 Å². The van der Waals surface area contributed by atoms with Crippen molar-refractivity contribution in [3.05, 3.63) is 0 Å². The summed E-state index contributed by atoms with van der Waals surface area (Å²) >= 11 is 0. The van der Waals surface area contributed by atoms with Gasteiger partial charge in [-0.3, -0.25) is 9.59 Å². The number of carbonyl (C=O) groups is 2. The van der Waals surface area contributed by atoms with Gasteiger partial charge in [0.1, 0.15) is 6.54 Å². The van der Waals surface area contributed by atoms with E-state index >= 15 is 0 Å². The van der Waals surface area contributed by atoms with Gasteiger partial charge in [-0.25, -0.2) is 4.99 Å². The molecule has 3 unspecified atom stereocenters. The molecule has 0 aromatic carbocycles. The number of carbonyl (C=O) groups excluding carboxylic acids is 2. The number of aliphatic imine (C=N–C) groups is 1. The number of likely N-dealkylation sites (N-methyl/N-ethyl adjacent to an activating group) is 2. The van der Waals surface area contributed by atoms with Crippen LogP contribution in [-0.4, -0.2) is 87.6 Å². The SMILES string of the molecule is CN(C)C(=O)CN=C(NCC(=O)N(C)C)NC1C2CCOC2C1(C)C.I. The molecule has 2 aliphatic rings. The van der Waals surface area contributed by atoms with E-state index in [9.17, 15) is 9.59 Å². The van der Waals surface area contributed by atoms with Crippen LogP contribution in [-0.2, 0) is 14.3 Å². The largest absolute Gasteiger partial charge is 0.377 e. The lowest BCUT2D eigenvalue weighted by molar-refractivity contribution is -0.127. The van der Waals surface area contributed by atoms with E-state index in [4.69, 9.17) is 4.74 Å². The molecule has 0 aromatic rings. The lowest BCUT2D eigenvalue weighted by Gasteiger charge is -2.54. The topological polar surface area (TPSA) is 86.3 Å². The molecular weight excluding hydrogens is 449 g/mol. The van der Waals surface area contributed by atoms with Crippen LogP contribution in [0.15, 0.2) is 4.99 Å². The molecular formula is C17H32IN5O3. The monoisotopic (exact) mass is 481 g/mol. The molecule has 8 nitrogen and oxygen atoms in total. The zero-order chi connectivity index (χ0) is 18.8. The Bertz CT molecular complexity index is 551. The Hall–Kier alpha value is -1.10. The Morgan fingerprint density at radius 3 is 2.35 bits per heavy atom. The molecule has 3 atom stereocenters. The number of fused-ring (bicyclic) bond motifs is 1. The van der Waals surface area contributed by atoms with E-state index in [0.29, 0.717) is 11.9 Å². The minimum atomic E-state index is -0.0880. The van der Waals surface area contributed by atoms with Crippen molar-refractivity contribution in [3.8, 4) is 0 Å². The van der Waals surface area contributed by atoms with E-state index in [-0.39, 0.29) is 66.4 Å². The van der Waals surface area contributed by atoms with E-state index in [1.54, 1.807) is 28.2 Å². The van der Waals surface area contributed by atoms with Crippen molar-refractivity contribution in [2.75, 3.05) is 47.9 Å². The fourth-order valence-corrected chi connectivity index (χ4v) is 3.52. The van der Waals surface area contributed by atoms with Crippen LogP contribution in [0.2, 0.25) is 0 Å². The summed E-state index contributed by atoms with van der Waals surface area (Å²) < 4.78 is 5.82. The number of nitrogens with one attached hydrogen (secondary N) is 2. The Labute approximate surface area is 173 Å². The molecule has 1 saturated heterocycles. The maximum atomic E-state index is 11.9. The molecule has 26 heavy (non-hydrogen) atoms. The quantitative estimate of drug-likeness (QED) is 0.331. The highest BCUT2D eigenvalue weighted by Gasteiger charge is 2.59. The van der Waals surface area contributed by atoms with Gasteiger partial charge in [0.25, 0.3) is 0 Å². The Morgan fingerprint density at radius 1 is 1.15 bits per heavy atom. The minimum absolute atomic E-state index is 0. The van der Waals surface area contributed by atoms with Crippen molar-refractivity contribution in [1.82, 2.24) is 20.4 Å². The van der Waals surface area contributed by atoms with Gasteiger partial charge in [-0.1, -0.05) is 13.8 Å². The third kappa shape index (κ3) is 4.99. The number of guanidine groups is 1. The summed E-state index contributed by atoms with van der Waals surface area (Å²) in [5.74, 6) is 0.795. The molecule has 2 rings (SSSR count). The molecule has 0 aromatic heterocycles. The first-order chi connectivity index (χ1) is 11.6. The number of hydrogen-bond donors (Lipinski definition) is 2. The van der Waals surface area contributed by atoms with Crippen LogP contribution in [0.5, 0.6) is 0 Å². The molecule has 0 radical (unpaired) electrons. The molecule has 2 amide bonds. The lowest BCUT2D eigenvalue weighted by atomic mass is 9.57. The highest BCUT2D eigenvalue weighted by atomic mass is 127. The molecule has 2 fully saturated rings.